The maximum atomic E-state index is 2.52. The van der Waals surface area contributed by atoms with Crippen molar-refractivity contribution in [1.29, 1.82) is 0 Å². The third kappa shape index (κ3) is 4.63. The van der Waals surface area contributed by atoms with Crippen LogP contribution in [0.1, 0.15) is 69.8 Å². The van der Waals surface area contributed by atoms with Gasteiger partial charge in [-0.25, -0.2) is 0 Å². The van der Waals surface area contributed by atoms with Crippen LogP contribution in [-0.4, -0.2) is 0 Å². The van der Waals surface area contributed by atoms with Crippen molar-refractivity contribution < 1.29 is 0 Å². The zero-order chi connectivity index (χ0) is 36.7. The summed E-state index contributed by atoms with van der Waals surface area (Å²) in [6.07, 6.45) is 0.932. The van der Waals surface area contributed by atoms with E-state index in [0.29, 0.717) is 0 Å². The molecule has 55 heavy (non-hydrogen) atoms. The van der Waals surface area contributed by atoms with E-state index < -0.39 is 5.41 Å². The highest BCUT2D eigenvalue weighted by molar-refractivity contribution is 7.26. The Morgan fingerprint density at radius 2 is 1.04 bits per heavy atom. The van der Waals surface area contributed by atoms with Crippen LogP contribution in [0.5, 0.6) is 0 Å². The highest BCUT2D eigenvalue weighted by Gasteiger charge is 2.47. The van der Waals surface area contributed by atoms with Crippen molar-refractivity contribution >= 4 is 31.5 Å². The second kappa shape index (κ2) is 12.2. The molecule has 0 aliphatic heterocycles. The summed E-state index contributed by atoms with van der Waals surface area (Å²) in [6.45, 7) is 4.76. The van der Waals surface area contributed by atoms with E-state index in [0.717, 1.165) is 6.42 Å². The fourth-order valence-corrected chi connectivity index (χ4v) is 11.6. The molecule has 0 bridgehead atoms. The summed E-state index contributed by atoms with van der Waals surface area (Å²) in [5.74, 6) is 0.204. The lowest BCUT2D eigenvalue weighted by atomic mass is 9.67. The van der Waals surface area contributed by atoms with Crippen LogP contribution in [0.3, 0.4) is 0 Å². The molecule has 0 unspecified atom stereocenters. The average molecular weight is 721 g/mol. The lowest BCUT2D eigenvalue weighted by molar-refractivity contribution is 0.659. The van der Waals surface area contributed by atoms with Gasteiger partial charge in [0, 0.05) is 31.5 Å². The predicted octanol–water partition coefficient (Wildman–Crippen LogP) is 14.1. The molecular weight excluding hydrogens is 681 g/mol. The second-order valence-corrected chi connectivity index (χ2v) is 17.0. The number of rotatable bonds is 6. The molecule has 11 rings (SSSR count). The van der Waals surface area contributed by atoms with Gasteiger partial charge in [-0.2, -0.15) is 0 Å². The van der Waals surface area contributed by atoms with Crippen LogP contribution in [0.4, 0.5) is 0 Å². The molecule has 1 aromatic heterocycles. The van der Waals surface area contributed by atoms with E-state index in [4.69, 9.17) is 0 Å². The molecule has 0 nitrogen and oxygen atoms in total. The molecule has 0 radical (unpaired) electrons. The summed E-state index contributed by atoms with van der Waals surface area (Å²) in [4.78, 5) is 0. The van der Waals surface area contributed by atoms with Gasteiger partial charge in [0.25, 0.3) is 0 Å². The lowest BCUT2D eigenvalue weighted by Crippen LogP contribution is -2.28. The van der Waals surface area contributed by atoms with E-state index in [2.05, 4.69) is 202 Å². The molecular formula is C54H40S. The highest BCUT2D eigenvalue weighted by Crippen LogP contribution is 2.58. The van der Waals surface area contributed by atoms with Crippen LogP contribution >= 0.6 is 11.3 Å². The average Bonchev–Trinajstić information content (AvgIpc) is 3.85. The van der Waals surface area contributed by atoms with Gasteiger partial charge in [0.1, 0.15) is 0 Å². The third-order valence-corrected chi connectivity index (χ3v) is 14.0. The van der Waals surface area contributed by atoms with Crippen molar-refractivity contribution in [2.45, 2.75) is 37.0 Å². The zero-order valence-corrected chi connectivity index (χ0v) is 31.9. The number of benzene rings is 8. The fourth-order valence-electron chi connectivity index (χ4n) is 10.3. The highest BCUT2D eigenvalue weighted by atomic mass is 32.1. The maximum absolute atomic E-state index is 2.52. The zero-order valence-electron chi connectivity index (χ0n) is 31.1. The lowest BCUT2D eigenvalue weighted by Gasteiger charge is -2.34. The van der Waals surface area contributed by atoms with Crippen molar-refractivity contribution in [3.05, 3.63) is 238 Å². The Balaban J connectivity index is 1.11. The van der Waals surface area contributed by atoms with Crippen LogP contribution in [0, 0.1) is 0 Å². The van der Waals surface area contributed by atoms with Gasteiger partial charge >= 0.3 is 0 Å². The maximum Gasteiger partial charge on any atom is 0.0727 e. The Morgan fingerprint density at radius 3 is 1.76 bits per heavy atom. The predicted molar refractivity (Wildman–Crippen MR) is 233 cm³/mol. The van der Waals surface area contributed by atoms with Crippen molar-refractivity contribution in [1.82, 2.24) is 0 Å². The smallest absolute Gasteiger partial charge is 0.0727 e. The van der Waals surface area contributed by atoms with Crippen LogP contribution < -0.4 is 0 Å². The molecule has 1 heteroatoms. The first-order valence-electron chi connectivity index (χ1n) is 19.5. The Morgan fingerprint density at radius 1 is 0.455 bits per heavy atom. The van der Waals surface area contributed by atoms with E-state index in [-0.39, 0.29) is 11.3 Å². The summed E-state index contributed by atoms with van der Waals surface area (Å²) < 4.78 is 2.69. The molecule has 0 amide bonds. The quantitative estimate of drug-likeness (QED) is 0.160. The summed E-state index contributed by atoms with van der Waals surface area (Å²) in [6, 6.07) is 70.9. The SMILES string of the molecule is CC1(C)c2ccccc2-c2c(C[C@@H](c3ccccc3)c3ccc4sc5c(C6(c7ccccc7)c7ccccc7-c7ccccc76)cccc5c4c3)cccc21. The van der Waals surface area contributed by atoms with E-state index in [1.54, 1.807) is 0 Å². The molecule has 9 aromatic rings. The summed E-state index contributed by atoms with van der Waals surface area (Å²) in [5, 5.41) is 2.67. The summed E-state index contributed by atoms with van der Waals surface area (Å²) >= 11 is 1.95. The monoisotopic (exact) mass is 720 g/mol. The van der Waals surface area contributed by atoms with Crippen molar-refractivity contribution in [3.8, 4) is 22.3 Å². The second-order valence-electron chi connectivity index (χ2n) is 15.9. The van der Waals surface area contributed by atoms with Gasteiger partial charge in [0.2, 0.25) is 0 Å². The van der Waals surface area contributed by atoms with Gasteiger partial charge in [-0.3, -0.25) is 0 Å². The van der Waals surface area contributed by atoms with E-state index in [1.807, 2.05) is 11.3 Å². The van der Waals surface area contributed by atoms with Crippen molar-refractivity contribution in [3.63, 3.8) is 0 Å². The van der Waals surface area contributed by atoms with Gasteiger partial charge in [-0.15, -0.1) is 11.3 Å². The Labute approximate surface area is 327 Å². The van der Waals surface area contributed by atoms with Crippen molar-refractivity contribution in [2.75, 3.05) is 0 Å². The first-order chi connectivity index (χ1) is 27.0. The van der Waals surface area contributed by atoms with E-state index in [1.165, 1.54) is 92.5 Å². The standard InChI is InChI=1S/C54H40S/c1-53(2)45-26-12-11-24-42(45)51-37(19-15-29-48(51)53)34-43(35-17-5-3-6-18-35)36-31-32-50-44(33-36)41-25-16-30-49(52(41)55-50)54(38-20-7-4-8-21-38)46-27-13-9-22-39(46)40-23-10-14-28-47(40)54/h3-33,43H,34H2,1-2H3/t43-/m0/s1. The summed E-state index contributed by atoms with van der Waals surface area (Å²) in [5.41, 5.74) is 17.4. The molecule has 0 saturated heterocycles. The minimum Gasteiger partial charge on any atom is -0.135 e. The van der Waals surface area contributed by atoms with E-state index in [9.17, 15) is 0 Å². The Kier molecular flexibility index (Phi) is 7.22. The number of thiophene rings is 1. The van der Waals surface area contributed by atoms with Gasteiger partial charge in [0.15, 0.2) is 0 Å². The first kappa shape index (κ1) is 32.4. The molecule has 0 N–H and O–H groups in total. The minimum absolute atomic E-state index is 0.0200. The molecule has 0 fully saturated rings. The van der Waals surface area contributed by atoms with Gasteiger partial charge in [-0.05, 0) is 90.9 Å². The van der Waals surface area contributed by atoms with Crippen LogP contribution in [0.2, 0.25) is 0 Å². The molecule has 262 valence electrons. The topological polar surface area (TPSA) is 0 Å². The molecule has 1 heterocycles. The molecule has 1 atom stereocenters. The van der Waals surface area contributed by atoms with E-state index >= 15 is 0 Å². The molecule has 2 aliphatic rings. The molecule has 0 saturated carbocycles. The van der Waals surface area contributed by atoms with Gasteiger partial charge in [0.05, 0.1) is 5.41 Å². The van der Waals surface area contributed by atoms with Crippen LogP contribution in [0.15, 0.2) is 188 Å². The normalized spacial score (nSPS) is 15.0. The number of hydrogen-bond acceptors (Lipinski definition) is 1. The molecule has 2 aliphatic carbocycles. The third-order valence-electron chi connectivity index (χ3n) is 12.8. The summed E-state index contributed by atoms with van der Waals surface area (Å²) in [7, 11) is 0. The fraction of sp³-hybridized carbons (Fsp3) is 0.111. The number of hydrogen-bond donors (Lipinski definition) is 0. The number of fused-ring (bicyclic) bond motifs is 9. The molecule has 8 aromatic carbocycles. The minimum atomic E-state index is -0.429. The van der Waals surface area contributed by atoms with Crippen LogP contribution in [0.25, 0.3) is 42.4 Å². The first-order valence-corrected chi connectivity index (χ1v) is 20.3. The van der Waals surface area contributed by atoms with Crippen LogP contribution in [-0.2, 0) is 17.3 Å². The largest absolute Gasteiger partial charge is 0.135 e. The molecule has 0 spiro atoms. The van der Waals surface area contributed by atoms with Gasteiger partial charge in [-0.1, -0.05) is 190 Å². The Hall–Kier alpha value is -6.02. The van der Waals surface area contributed by atoms with Crippen molar-refractivity contribution in [2.24, 2.45) is 0 Å². The Bertz CT molecular complexity index is 2880. The van der Waals surface area contributed by atoms with Gasteiger partial charge < -0.3 is 0 Å².